The Morgan fingerprint density at radius 2 is 2.00 bits per heavy atom. The number of nitrogens with two attached hydrogens (primary N) is 1. The van der Waals surface area contributed by atoms with Crippen molar-refractivity contribution in [3.05, 3.63) is 29.8 Å². The lowest BCUT2D eigenvalue weighted by Gasteiger charge is -2.10. The van der Waals surface area contributed by atoms with Crippen LogP contribution in [0.15, 0.2) is 24.3 Å². The third-order valence-electron chi connectivity index (χ3n) is 2.70. The molecular formula is C14H20N2O. The summed E-state index contributed by atoms with van der Waals surface area (Å²) in [5.74, 6) is 0.869. The van der Waals surface area contributed by atoms with Crippen LogP contribution < -0.4 is 10.5 Å². The highest BCUT2D eigenvalue weighted by molar-refractivity contribution is 5.28. The van der Waals surface area contributed by atoms with Crippen LogP contribution in [0.3, 0.4) is 0 Å². The van der Waals surface area contributed by atoms with Crippen LogP contribution in [-0.2, 0) is 0 Å². The number of benzene rings is 1. The van der Waals surface area contributed by atoms with E-state index in [-0.39, 0.29) is 6.04 Å². The third-order valence-corrected chi connectivity index (χ3v) is 2.70. The molecular weight excluding hydrogens is 212 g/mol. The molecule has 0 fully saturated rings. The highest BCUT2D eigenvalue weighted by Gasteiger charge is 2.02. The largest absolute Gasteiger partial charge is 0.494 e. The molecule has 0 amide bonds. The summed E-state index contributed by atoms with van der Waals surface area (Å²) in [5, 5.41) is 8.39. The maximum atomic E-state index is 8.39. The first-order valence-electron chi connectivity index (χ1n) is 6.13. The van der Waals surface area contributed by atoms with Gasteiger partial charge in [-0.25, -0.2) is 0 Å². The van der Waals surface area contributed by atoms with Crippen molar-refractivity contribution in [1.82, 2.24) is 0 Å². The zero-order chi connectivity index (χ0) is 12.5. The highest BCUT2D eigenvalue weighted by Crippen LogP contribution is 2.18. The normalized spacial score (nSPS) is 11.8. The van der Waals surface area contributed by atoms with Crippen molar-refractivity contribution >= 4 is 0 Å². The second-order valence-electron chi connectivity index (χ2n) is 4.05. The molecule has 0 saturated heterocycles. The second-order valence-corrected chi connectivity index (χ2v) is 4.05. The number of nitrogens with zero attached hydrogens (tertiary/aromatic N) is 1. The Morgan fingerprint density at radius 1 is 1.29 bits per heavy atom. The average molecular weight is 232 g/mol. The summed E-state index contributed by atoms with van der Waals surface area (Å²) in [4.78, 5) is 0. The van der Waals surface area contributed by atoms with Gasteiger partial charge in [0.25, 0.3) is 0 Å². The molecule has 3 nitrogen and oxygen atoms in total. The minimum absolute atomic E-state index is 0.111. The van der Waals surface area contributed by atoms with Crippen molar-refractivity contribution < 1.29 is 4.74 Å². The van der Waals surface area contributed by atoms with Gasteiger partial charge in [-0.2, -0.15) is 5.26 Å². The van der Waals surface area contributed by atoms with Gasteiger partial charge in [0.05, 0.1) is 12.7 Å². The summed E-state index contributed by atoms with van der Waals surface area (Å²) < 4.78 is 5.57. The van der Waals surface area contributed by atoms with Gasteiger partial charge in [0.15, 0.2) is 0 Å². The van der Waals surface area contributed by atoms with Crippen LogP contribution in [0.5, 0.6) is 5.75 Å². The van der Waals surface area contributed by atoms with Crippen LogP contribution >= 0.6 is 0 Å². The molecule has 0 heterocycles. The van der Waals surface area contributed by atoms with Gasteiger partial charge in [0.2, 0.25) is 0 Å². The first kappa shape index (κ1) is 13.5. The first-order chi connectivity index (χ1) is 8.27. The Kier molecular flexibility index (Phi) is 6.13. The van der Waals surface area contributed by atoms with E-state index in [1.165, 1.54) is 0 Å². The highest BCUT2D eigenvalue weighted by atomic mass is 16.5. The molecule has 0 aliphatic carbocycles. The van der Waals surface area contributed by atoms with E-state index < -0.39 is 0 Å². The van der Waals surface area contributed by atoms with E-state index in [2.05, 4.69) is 13.0 Å². The Labute approximate surface area is 103 Å². The summed E-state index contributed by atoms with van der Waals surface area (Å²) in [6.07, 6.45) is 3.36. The lowest BCUT2D eigenvalue weighted by Crippen LogP contribution is -2.08. The fraction of sp³-hybridized carbons (Fsp3) is 0.500. The molecule has 0 saturated carbocycles. The molecule has 0 unspecified atom stereocenters. The van der Waals surface area contributed by atoms with E-state index in [9.17, 15) is 0 Å². The van der Waals surface area contributed by atoms with Crippen molar-refractivity contribution in [2.45, 2.75) is 38.6 Å². The molecule has 3 heteroatoms. The van der Waals surface area contributed by atoms with Crippen molar-refractivity contribution in [3.8, 4) is 11.8 Å². The Balaban J connectivity index is 2.33. The fourth-order valence-corrected chi connectivity index (χ4v) is 1.54. The third kappa shape index (κ3) is 4.88. The molecule has 17 heavy (non-hydrogen) atoms. The summed E-state index contributed by atoms with van der Waals surface area (Å²) in [6.45, 7) is 2.74. The molecule has 0 aliphatic heterocycles. The molecule has 0 aliphatic rings. The van der Waals surface area contributed by atoms with Gasteiger partial charge in [-0.15, -0.1) is 0 Å². The summed E-state index contributed by atoms with van der Waals surface area (Å²) >= 11 is 0. The van der Waals surface area contributed by atoms with Crippen LogP contribution in [0.2, 0.25) is 0 Å². The molecule has 1 aromatic rings. The van der Waals surface area contributed by atoms with Crippen LogP contribution in [0.1, 0.15) is 44.2 Å². The molecule has 0 aromatic heterocycles. The molecule has 1 atom stereocenters. The lowest BCUT2D eigenvalue weighted by atomic mass is 10.1. The first-order valence-corrected chi connectivity index (χ1v) is 6.13. The van der Waals surface area contributed by atoms with E-state index >= 15 is 0 Å². The topological polar surface area (TPSA) is 59.0 Å². The van der Waals surface area contributed by atoms with Crippen LogP contribution in [0.4, 0.5) is 0 Å². The smallest absolute Gasteiger partial charge is 0.119 e. The van der Waals surface area contributed by atoms with E-state index in [4.69, 9.17) is 15.7 Å². The number of hydrogen-bond donors (Lipinski definition) is 1. The Morgan fingerprint density at radius 3 is 2.59 bits per heavy atom. The van der Waals surface area contributed by atoms with E-state index in [0.717, 1.165) is 30.6 Å². The summed E-state index contributed by atoms with van der Waals surface area (Å²) in [7, 11) is 0. The van der Waals surface area contributed by atoms with Crippen LogP contribution in [-0.4, -0.2) is 6.61 Å². The quantitative estimate of drug-likeness (QED) is 0.734. The number of hydrogen-bond acceptors (Lipinski definition) is 3. The zero-order valence-electron chi connectivity index (χ0n) is 10.4. The lowest BCUT2D eigenvalue weighted by molar-refractivity contribution is 0.307. The molecule has 1 aromatic carbocycles. The minimum atomic E-state index is 0.111. The van der Waals surface area contributed by atoms with Gasteiger partial charge < -0.3 is 10.5 Å². The molecule has 2 N–H and O–H groups in total. The van der Waals surface area contributed by atoms with Crippen molar-refractivity contribution in [1.29, 1.82) is 5.26 Å². The predicted molar refractivity (Wildman–Crippen MR) is 68.6 cm³/mol. The van der Waals surface area contributed by atoms with E-state index in [1.807, 2.05) is 24.3 Å². The van der Waals surface area contributed by atoms with Gasteiger partial charge in [-0.05, 0) is 37.0 Å². The van der Waals surface area contributed by atoms with E-state index in [0.29, 0.717) is 13.0 Å². The van der Waals surface area contributed by atoms with Gasteiger partial charge in [0, 0.05) is 12.5 Å². The molecule has 0 bridgehead atoms. The molecule has 0 radical (unpaired) electrons. The van der Waals surface area contributed by atoms with Crippen molar-refractivity contribution in [2.75, 3.05) is 6.61 Å². The Hall–Kier alpha value is -1.53. The molecule has 92 valence electrons. The molecule has 0 spiro atoms. The number of unbranched alkanes of at least 4 members (excludes halogenated alkanes) is 2. The maximum Gasteiger partial charge on any atom is 0.119 e. The SMILES string of the molecule is CC[C@H](N)c1ccc(OCCCCC#N)cc1. The molecule has 1 rings (SSSR count). The number of rotatable bonds is 7. The Bertz CT molecular complexity index is 353. The number of ether oxygens (including phenoxy) is 1. The van der Waals surface area contributed by atoms with Crippen LogP contribution in [0.25, 0.3) is 0 Å². The van der Waals surface area contributed by atoms with Gasteiger partial charge >= 0.3 is 0 Å². The minimum Gasteiger partial charge on any atom is -0.494 e. The monoisotopic (exact) mass is 232 g/mol. The average Bonchev–Trinajstić information content (AvgIpc) is 2.38. The van der Waals surface area contributed by atoms with Gasteiger partial charge in [-0.1, -0.05) is 19.1 Å². The van der Waals surface area contributed by atoms with Crippen molar-refractivity contribution in [3.63, 3.8) is 0 Å². The van der Waals surface area contributed by atoms with Crippen LogP contribution in [0, 0.1) is 11.3 Å². The standard InChI is InChI=1S/C14H20N2O/c1-2-14(16)12-6-8-13(9-7-12)17-11-5-3-4-10-15/h6-9,14H,2-5,11,16H2,1H3/t14-/m0/s1. The van der Waals surface area contributed by atoms with Gasteiger partial charge in [0.1, 0.15) is 5.75 Å². The summed E-state index contributed by atoms with van der Waals surface area (Å²) in [6, 6.07) is 10.2. The summed E-state index contributed by atoms with van der Waals surface area (Å²) in [5.41, 5.74) is 7.07. The van der Waals surface area contributed by atoms with Crippen molar-refractivity contribution in [2.24, 2.45) is 5.73 Å². The predicted octanol–water partition coefficient (Wildman–Crippen LogP) is 3.17. The van der Waals surface area contributed by atoms with E-state index in [1.54, 1.807) is 0 Å². The zero-order valence-corrected chi connectivity index (χ0v) is 10.4. The number of nitriles is 1. The van der Waals surface area contributed by atoms with Gasteiger partial charge in [-0.3, -0.25) is 0 Å². The fourth-order valence-electron chi connectivity index (χ4n) is 1.54. The second kappa shape index (κ2) is 7.70. The maximum absolute atomic E-state index is 8.39.